The lowest BCUT2D eigenvalue weighted by molar-refractivity contribution is 0.0940. The molecule has 6 N–H and O–H groups in total. The molecule has 3 rings (SSSR count). The zero-order valence-corrected chi connectivity index (χ0v) is 14.9. The molecule has 1 unspecified atom stereocenters. The highest BCUT2D eigenvalue weighted by molar-refractivity contribution is 7.15. The van der Waals surface area contributed by atoms with E-state index in [1.54, 1.807) is 18.5 Å². The Bertz CT molecular complexity index is 825. The Kier molecular flexibility index (Phi) is 5.88. The van der Waals surface area contributed by atoms with Crippen LogP contribution in [0.15, 0.2) is 18.5 Å². The van der Waals surface area contributed by atoms with Gasteiger partial charge in [0.1, 0.15) is 4.88 Å². The Labute approximate surface area is 154 Å². The second-order valence-corrected chi connectivity index (χ2v) is 7.00. The predicted octanol–water partition coefficient (Wildman–Crippen LogP) is 1.23. The fraction of sp³-hybridized carbons (Fsp3) is 0.353. The highest BCUT2D eigenvalue weighted by Crippen LogP contribution is 2.27. The maximum Gasteiger partial charge on any atom is 0.316 e. The van der Waals surface area contributed by atoms with Crippen molar-refractivity contribution in [1.29, 1.82) is 0 Å². The zero-order chi connectivity index (χ0) is 18.4. The lowest BCUT2D eigenvalue weighted by Crippen LogP contribution is -2.40. The molecule has 3 amide bonds. The molecule has 1 aliphatic rings. The molecular formula is C17H20N6O2S. The van der Waals surface area contributed by atoms with Crippen molar-refractivity contribution in [2.45, 2.75) is 25.3 Å². The van der Waals surface area contributed by atoms with Crippen LogP contribution in [0.4, 0.5) is 10.5 Å². The van der Waals surface area contributed by atoms with Crippen LogP contribution in [0.1, 0.15) is 39.4 Å². The smallest absolute Gasteiger partial charge is 0.316 e. The molecule has 136 valence electrons. The largest absolute Gasteiger partial charge is 0.351 e. The van der Waals surface area contributed by atoms with Gasteiger partial charge in [0.2, 0.25) is 0 Å². The fourth-order valence-corrected chi connectivity index (χ4v) is 3.56. The van der Waals surface area contributed by atoms with Gasteiger partial charge in [-0.05, 0) is 25.5 Å². The average Bonchev–Trinajstić information content (AvgIpc) is 3.18. The van der Waals surface area contributed by atoms with Gasteiger partial charge in [-0.3, -0.25) is 9.89 Å². The van der Waals surface area contributed by atoms with Gasteiger partial charge in [-0.1, -0.05) is 18.3 Å². The van der Waals surface area contributed by atoms with Gasteiger partial charge in [0, 0.05) is 18.8 Å². The van der Waals surface area contributed by atoms with E-state index in [4.69, 9.17) is 5.73 Å². The van der Waals surface area contributed by atoms with Gasteiger partial charge in [-0.15, -0.1) is 11.3 Å². The third kappa shape index (κ3) is 4.84. The normalized spacial score (nSPS) is 16.8. The highest BCUT2D eigenvalue weighted by atomic mass is 32.1. The molecule has 0 bridgehead atoms. The number of nitrogens with two attached hydrogens (primary N) is 1. The van der Waals surface area contributed by atoms with Crippen molar-refractivity contribution < 1.29 is 9.59 Å². The Balaban J connectivity index is 1.79. The summed E-state index contributed by atoms with van der Waals surface area (Å²) >= 11 is 1.22. The molecule has 0 radical (unpaired) electrons. The topological polar surface area (TPSA) is 125 Å². The number of carbonyl (C=O) groups excluding carboxylic acids is 2. The number of H-pyrrole nitrogens is 1. The van der Waals surface area contributed by atoms with Crippen LogP contribution in [0.25, 0.3) is 0 Å². The minimum Gasteiger partial charge on any atom is -0.351 e. The summed E-state index contributed by atoms with van der Waals surface area (Å²) in [5.74, 6) is 5.69. The molecule has 1 aliphatic heterocycles. The number of nitrogens with zero attached hydrogens (tertiary/aromatic N) is 1. The van der Waals surface area contributed by atoms with E-state index < -0.39 is 6.03 Å². The summed E-state index contributed by atoms with van der Waals surface area (Å²) in [6, 6.07) is 0.999. The Morgan fingerprint density at radius 2 is 2.23 bits per heavy atom. The average molecular weight is 372 g/mol. The van der Waals surface area contributed by atoms with Crippen molar-refractivity contribution in [3.63, 3.8) is 0 Å². The van der Waals surface area contributed by atoms with E-state index in [1.165, 1.54) is 11.3 Å². The summed E-state index contributed by atoms with van der Waals surface area (Å²) in [7, 11) is 0. The van der Waals surface area contributed by atoms with Crippen molar-refractivity contribution in [2.24, 2.45) is 5.73 Å². The molecule has 1 saturated heterocycles. The number of rotatable bonds is 3. The van der Waals surface area contributed by atoms with E-state index in [9.17, 15) is 9.59 Å². The van der Waals surface area contributed by atoms with Gasteiger partial charge < -0.3 is 21.7 Å². The van der Waals surface area contributed by atoms with E-state index in [0.29, 0.717) is 15.4 Å². The van der Waals surface area contributed by atoms with Crippen molar-refractivity contribution in [2.75, 3.05) is 18.4 Å². The Hall–Kier alpha value is -2.83. The van der Waals surface area contributed by atoms with E-state index in [1.807, 2.05) is 0 Å². The van der Waals surface area contributed by atoms with Crippen molar-refractivity contribution in [3.05, 3.63) is 33.8 Å². The molecule has 0 saturated carbocycles. The maximum absolute atomic E-state index is 12.7. The highest BCUT2D eigenvalue weighted by Gasteiger charge is 2.21. The lowest BCUT2D eigenvalue weighted by Gasteiger charge is -2.16. The van der Waals surface area contributed by atoms with Gasteiger partial charge in [-0.25, -0.2) is 4.79 Å². The summed E-state index contributed by atoms with van der Waals surface area (Å²) in [6.45, 7) is 1.70. The minimum atomic E-state index is -0.720. The zero-order valence-electron chi connectivity index (χ0n) is 14.1. The van der Waals surface area contributed by atoms with Crippen LogP contribution in [0.2, 0.25) is 0 Å². The van der Waals surface area contributed by atoms with E-state index in [0.717, 1.165) is 37.9 Å². The SMILES string of the molecule is NC(=O)Nc1cc(C#Cc2cn[nH]c2)sc1C(=O)NC1CCCCNC1. The van der Waals surface area contributed by atoms with Gasteiger partial charge in [-0.2, -0.15) is 5.10 Å². The van der Waals surface area contributed by atoms with Crippen LogP contribution < -0.4 is 21.7 Å². The van der Waals surface area contributed by atoms with Crippen molar-refractivity contribution >= 4 is 29.0 Å². The molecule has 26 heavy (non-hydrogen) atoms. The summed E-state index contributed by atoms with van der Waals surface area (Å²) in [6.07, 6.45) is 6.38. The number of primary amides is 1. The number of amides is 3. The number of thiophene rings is 1. The quantitative estimate of drug-likeness (QED) is 0.520. The summed E-state index contributed by atoms with van der Waals surface area (Å²) in [4.78, 5) is 25.0. The molecule has 9 heteroatoms. The molecule has 0 aliphatic carbocycles. The summed E-state index contributed by atoms with van der Waals surface area (Å²) in [5, 5.41) is 15.4. The van der Waals surface area contributed by atoms with Crippen molar-refractivity contribution in [3.8, 4) is 11.8 Å². The first-order valence-electron chi connectivity index (χ1n) is 8.34. The summed E-state index contributed by atoms with van der Waals surface area (Å²) in [5.41, 5.74) is 6.33. The van der Waals surface area contributed by atoms with E-state index in [-0.39, 0.29) is 11.9 Å². The third-order valence-corrected chi connectivity index (χ3v) is 4.96. The minimum absolute atomic E-state index is 0.0639. The number of aromatic amines is 1. The van der Waals surface area contributed by atoms with E-state index in [2.05, 4.69) is 38.0 Å². The van der Waals surface area contributed by atoms with Crippen LogP contribution in [0, 0.1) is 11.8 Å². The first kappa shape index (κ1) is 18.0. The first-order chi connectivity index (χ1) is 12.6. The standard InChI is InChI=1S/C17H20N6O2S/c18-17(25)23-14-7-13(5-4-11-8-20-21-9-11)26-15(14)16(24)22-12-3-1-2-6-19-10-12/h7-9,12,19H,1-3,6,10H2,(H,20,21)(H,22,24)(H3,18,23,25). The monoisotopic (exact) mass is 372 g/mol. The van der Waals surface area contributed by atoms with Gasteiger partial charge in [0.05, 0.1) is 22.3 Å². The number of hydrogen-bond acceptors (Lipinski definition) is 5. The number of nitrogens with one attached hydrogen (secondary N) is 4. The number of carbonyl (C=O) groups is 2. The van der Waals surface area contributed by atoms with E-state index >= 15 is 0 Å². The molecule has 0 aromatic carbocycles. The third-order valence-electron chi connectivity index (χ3n) is 3.91. The number of aromatic nitrogens is 2. The number of anilines is 1. The second kappa shape index (κ2) is 8.51. The van der Waals surface area contributed by atoms with Crippen LogP contribution in [-0.4, -0.2) is 41.3 Å². The molecule has 0 spiro atoms. The molecule has 1 fully saturated rings. The molecule has 1 atom stereocenters. The van der Waals surface area contributed by atoms with Gasteiger partial charge >= 0.3 is 6.03 Å². The van der Waals surface area contributed by atoms with Crippen LogP contribution in [-0.2, 0) is 0 Å². The Morgan fingerprint density at radius 3 is 3.00 bits per heavy atom. The first-order valence-corrected chi connectivity index (χ1v) is 9.16. The molecular weight excluding hydrogens is 352 g/mol. The van der Waals surface area contributed by atoms with Crippen LogP contribution >= 0.6 is 11.3 Å². The van der Waals surface area contributed by atoms with Gasteiger partial charge in [0.25, 0.3) is 5.91 Å². The summed E-state index contributed by atoms with van der Waals surface area (Å²) < 4.78 is 0. The lowest BCUT2D eigenvalue weighted by atomic mass is 10.1. The molecule has 2 aromatic rings. The molecule has 8 nitrogen and oxygen atoms in total. The van der Waals surface area contributed by atoms with Gasteiger partial charge in [0.15, 0.2) is 0 Å². The maximum atomic E-state index is 12.7. The number of urea groups is 1. The second-order valence-electron chi connectivity index (χ2n) is 5.95. The fourth-order valence-electron chi connectivity index (χ4n) is 2.69. The molecule has 2 aromatic heterocycles. The predicted molar refractivity (Wildman–Crippen MR) is 100 cm³/mol. The number of hydrogen-bond donors (Lipinski definition) is 5. The van der Waals surface area contributed by atoms with Crippen LogP contribution in [0.3, 0.4) is 0 Å². The molecule has 3 heterocycles. The Morgan fingerprint density at radius 1 is 1.35 bits per heavy atom. The van der Waals surface area contributed by atoms with Crippen LogP contribution in [0.5, 0.6) is 0 Å². The van der Waals surface area contributed by atoms with Crippen molar-refractivity contribution in [1.82, 2.24) is 20.8 Å².